The normalized spacial score (nSPS) is 12.3. The van der Waals surface area contributed by atoms with Gasteiger partial charge in [-0.15, -0.1) is 0 Å². The Labute approximate surface area is 126 Å². The molecular formula is C15H9F3N4O. The first-order valence-corrected chi connectivity index (χ1v) is 6.68. The number of hydrogen-bond acceptors (Lipinski definition) is 2. The number of alkyl halides is 3. The van der Waals surface area contributed by atoms with Crippen molar-refractivity contribution in [3.05, 3.63) is 52.6 Å². The Hall–Kier alpha value is -3.03. The van der Waals surface area contributed by atoms with E-state index in [2.05, 4.69) is 20.2 Å². The Kier molecular flexibility index (Phi) is 2.65. The first-order chi connectivity index (χ1) is 10.9. The van der Waals surface area contributed by atoms with Gasteiger partial charge in [0.15, 0.2) is 0 Å². The number of aromatic nitrogens is 4. The van der Waals surface area contributed by atoms with Crippen molar-refractivity contribution in [3.63, 3.8) is 0 Å². The van der Waals surface area contributed by atoms with Crippen LogP contribution in [-0.4, -0.2) is 20.2 Å². The van der Waals surface area contributed by atoms with Gasteiger partial charge in [0.05, 0.1) is 28.3 Å². The Bertz CT molecular complexity index is 1090. The van der Waals surface area contributed by atoms with E-state index in [0.29, 0.717) is 33.1 Å². The van der Waals surface area contributed by atoms with Crippen molar-refractivity contribution >= 4 is 21.9 Å². The van der Waals surface area contributed by atoms with E-state index in [1.165, 1.54) is 6.20 Å². The standard InChI is InChI=1S/C15H9F3N4O/c16-15(17,18)8-4-9(10-6-19-22-12(10)5-8)7-1-2-11-13(3-7)21-14(23)20-11/h1-6H,(H,19,22)(H2,20,21,23). The fourth-order valence-corrected chi connectivity index (χ4v) is 2.65. The van der Waals surface area contributed by atoms with Crippen LogP contribution in [-0.2, 0) is 6.18 Å². The fraction of sp³-hybridized carbons (Fsp3) is 0.0667. The second-order valence-electron chi connectivity index (χ2n) is 5.19. The van der Waals surface area contributed by atoms with Crippen LogP contribution in [0.4, 0.5) is 13.2 Å². The minimum atomic E-state index is -4.46. The highest BCUT2D eigenvalue weighted by molar-refractivity contribution is 5.96. The second-order valence-corrected chi connectivity index (χ2v) is 5.19. The van der Waals surface area contributed by atoms with Gasteiger partial charge in [0.25, 0.3) is 0 Å². The molecule has 0 aliphatic rings. The Morgan fingerprint density at radius 2 is 1.74 bits per heavy atom. The molecule has 0 saturated carbocycles. The van der Waals surface area contributed by atoms with E-state index in [0.717, 1.165) is 12.1 Å². The molecule has 0 radical (unpaired) electrons. The van der Waals surface area contributed by atoms with Gasteiger partial charge in [0.1, 0.15) is 0 Å². The molecule has 23 heavy (non-hydrogen) atoms. The number of benzene rings is 2. The highest BCUT2D eigenvalue weighted by atomic mass is 19.4. The predicted octanol–water partition coefficient (Wildman–Crippen LogP) is 3.42. The molecule has 2 aromatic heterocycles. The molecule has 8 heteroatoms. The zero-order chi connectivity index (χ0) is 16.2. The number of nitrogens with zero attached hydrogens (tertiary/aromatic N) is 1. The van der Waals surface area contributed by atoms with Crippen LogP contribution < -0.4 is 5.69 Å². The summed E-state index contributed by atoms with van der Waals surface area (Å²) in [4.78, 5) is 16.5. The monoisotopic (exact) mass is 318 g/mol. The number of aromatic amines is 3. The maximum absolute atomic E-state index is 13.1. The van der Waals surface area contributed by atoms with Crippen LogP contribution in [0.15, 0.2) is 41.3 Å². The third kappa shape index (κ3) is 2.19. The summed E-state index contributed by atoms with van der Waals surface area (Å²) in [5.74, 6) is 0. The van der Waals surface area contributed by atoms with Crippen molar-refractivity contribution < 1.29 is 13.2 Å². The van der Waals surface area contributed by atoms with Gasteiger partial charge in [-0.2, -0.15) is 18.3 Å². The van der Waals surface area contributed by atoms with Crippen LogP contribution in [0.3, 0.4) is 0 Å². The molecule has 2 aromatic carbocycles. The highest BCUT2D eigenvalue weighted by Crippen LogP contribution is 2.37. The van der Waals surface area contributed by atoms with E-state index in [4.69, 9.17) is 0 Å². The van der Waals surface area contributed by atoms with Gasteiger partial charge in [-0.3, -0.25) is 5.10 Å². The lowest BCUT2D eigenvalue weighted by atomic mass is 9.98. The minimum Gasteiger partial charge on any atom is -0.306 e. The summed E-state index contributed by atoms with van der Waals surface area (Å²) in [5, 5.41) is 6.97. The number of imidazole rings is 1. The maximum Gasteiger partial charge on any atom is 0.416 e. The van der Waals surface area contributed by atoms with Crippen molar-refractivity contribution in [1.82, 2.24) is 20.2 Å². The van der Waals surface area contributed by atoms with Gasteiger partial charge in [0.2, 0.25) is 0 Å². The van der Waals surface area contributed by atoms with Crippen LogP contribution in [0.25, 0.3) is 33.1 Å². The summed E-state index contributed by atoms with van der Waals surface area (Å²) >= 11 is 0. The van der Waals surface area contributed by atoms with E-state index in [1.807, 2.05) is 0 Å². The van der Waals surface area contributed by atoms with Gasteiger partial charge in [-0.1, -0.05) is 6.07 Å². The summed E-state index contributed by atoms with van der Waals surface area (Å²) in [6, 6.07) is 7.06. The highest BCUT2D eigenvalue weighted by Gasteiger charge is 2.31. The lowest BCUT2D eigenvalue weighted by molar-refractivity contribution is -0.137. The maximum atomic E-state index is 13.1. The van der Waals surface area contributed by atoms with Crippen molar-refractivity contribution in [1.29, 1.82) is 0 Å². The van der Waals surface area contributed by atoms with Crippen molar-refractivity contribution in [2.24, 2.45) is 0 Å². The Morgan fingerprint density at radius 1 is 0.957 bits per heavy atom. The third-order valence-corrected chi connectivity index (χ3v) is 3.71. The van der Waals surface area contributed by atoms with Gasteiger partial charge >= 0.3 is 11.9 Å². The predicted molar refractivity (Wildman–Crippen MR) is 79.0 cm³/mol. The fourth-order valence-electron chi connectivity index (χ4n) is 2.65. The van der Waals surface area contributed by atoms with Crippen LogP contribution in [0, 0.1) is 0 Å². The first-order valence-electron chi connectivity index (χ1n) is 6.68. The lowest BCUT2D eigenvalue weighted by Crippen LogP contribution is -2.05. The van der Waals surface area contributed by atoms with Crippen LogP contribution in [0.5, 0.6) is 0 Å². The quantitative estimate of drug-likeness (QED) is 0.503. The van der Waals surface area contributed by atoms with Crippen LogP contribution in [0.1, 0.15) is 5.56 Å². The van der Waals surface area contributed by atoms with Crippen LogP contribution in [0.2, 0.25) is 0 Å². The second kappa shape index (κ2) is 4.48. The van der Waals surface area contributed by atoms with Gasteiger partial charge in [-0.05, 0) is 35.4 Å². The Morgan fingerprint density at radius 3 is 2.52 bits per heavy atom. The number of halogens is 3. The minimum absolute atomic E-state index is 0.303. The molecule has 0 atom stereocenters. The molecule has 116 valence electrons. The molecule has 0 amide bonds. The summed E-state index contributed by atoms with van der Waals surface area (Å²) in [6.45, 7) is 0. The van der Waals surface area contributed by atoms with E-state index in [-0.39, 0.29) is 5.69 Å². The topological polar surface area (TPSA) is 77.3 Å². The summed E-state index contributed by atoms with van der Waals surface area (Å²) in [6.07, 6.45) is -2.98. The Balaban J connectivity index is 2.01. The number of rotatable bonds is 1. The van der Waals surface area contributed by atoms with Crippen molar-refractivity contribution in [2.75, 3.05) is 0 Å². The van der Waals surface area contributed by atoms with Gasteiger partial charge < -0.3 is 9.97 Å². The molecule has 4 rings (SSSR count). The molecule has 0 aliphatic heterocycles. The van der Waals surface area contributed by atoms with E-state index in [9.17, 15) is 18.0 Å². The zero-order valence-corrected chi connectivity index (χ0v) is 11.5. The molecule has 0 bridgehead atoms. The van der Waals surface area contributed by atoms with Crippen molar-refractivity contribution in [3.8, 4) is 11.1 Å². The molecule has 4 aromatic rings. The zero-order valence-electron chi connectivity index (χ0n) is 11.5. The molecule has 2 heterocycles. The first kappa shape index (κ1) is 13.6. The number of nitrogens with one attached hydrogen (secondary N) is 3. The van der Waals surface area contributed by atoms with Crippen molar-refractivity contribution in [2.45, 2.75) is 6.18 Å². The summed E-state index contributed by atoms with van der Waals surface area (Å²) in [7, 11) is 0. The molecule has 5 nitrogen and oxygen atoms in total. The molecule has 0 fully saturated rings. The largest absolute Gasteiger partial charge is 0.416 e. The molecule has 0 saturated heterocycles. The van der Waals surface area contributed by atoms with Gasteiger partial charge in [-0.25, -0.2) is 4.79 Å². The SMILES string of the molecule is O=c1[nH]c2ccc(-c3cc(C(F)(F)F)cc4[nH]ncc34)cc2[nH]1. The summed E-state index contributed by atoms with van der Waals surface area (Å²) in [5.41, 5.74) is 1.26. The van der Waals surface area contributed by atoms with E-state index < -0.39 is 11.7 Å². The number of hydrogen-bond donors (Lipinski definition) is 3. The van der Waals surface area contributed by atoms with Crippen LogP contribution >= 0.6 is 0 Å². The average molecular weight is 318 g/mol. The average Bonchev–Trinajstić information content (AvgIpc) is 3.08. The summed E-state index contributed by atoms with van der Waals surface area (Å²) < 4.78 is 39.3. The molecule has 3 N–H and O–H groups in total. The molecule has 0 unspecified atom stereocenters. The third-order valence-electron chi connectivity index (χ3n) is 3.71. The molecule has 0 aliphatic carbocycles. The molecule has 0 spiro atoms. The number of H-pyrrole nitrogens is 3. The lowest BCUT2D eigenvalue weighted by Gasteiger charge is -2.10. The number of fused-ring (bicyclic) bond motifs is 2. The van der Waals surface area contributed by atoms with E-state index in [1.54, 1.807) is 18.2 Å². The molecular weight excluding hydrogens is 309 g/mol. The smallest absolute Gasteiger partial charge is 0.306 e. The van der Waals surface area contributed by atoms with Gasteiger partial charge in [0, 0.05) is 5.39 Å². The van der Waals surface area contributed by atoms with E-state index >= 15 is 0 Å².